The molecule has 0 spiro atoms. The molecule has 1 atom stereocenters. The molecule has 4 heterocycles. The number of rotatable bonds is 9. The van der Waals surface area contributed by atoms with Crippen LogP contribution in [0.5, 0.6) is 5.75 Å². The molecular formula is C25H23BrN4O5. The topological polar surface area (TPSA) is 110 Å². The van der Waals surface area contributed by atoms with E-state index >= 15 is 0 Å². The van der Waals surface area contributed by atoms with E-state index in [-0.39, 0.29) is 30.1 Å². The molecule has 1 unspecified atom stereocenters. The fourth-order valence-corrected chi connectivity index (χ4v) is 4.11. The number of nitrogens with one attached hydrogen (secondary N) is 1. The summed E-state index contributed by atoms with van der Waals surface area (Å²) < 4.78 is 29.6. The second-order valence-corrected chi connectivity index (χ2v) is 8.79. The van der Waals surface area contributed by atoms with E-state index < -0.39 is 0 Å². The summed E-state index contributed by atoms with van der Waals surface area (Å²) in [5.74, 6) is 3.10. The Bertz CT molecular complexity index is 1270. The van der Waals surface area contributed by atoms with Crippen molar-refractivity contribution in [2.45, 2.75) is 12.6 Å². The summed E-state index contributed by atoms with van der Waals surface area (Å²) in [5, 5.41) is 12.8. The molecule has 1 aromatic carbocycles. The van der Waals surface area contributed by atoms with Gasteiger partial charge in [0.15, 0.2) is 5.76 Å². The average molecular weight is 539 g/mol. The van der Waals surface area contributed by atoms with E-state index in [4.69, 9.17) is 22.7 Å². The van der Waals surface area contributed by atoms with Crippen LogP contribution in [-0.4, -0.2) is 42.7 Å². The lowest BCUT2D eigenvalue weighted by molar-refractivity contribution is 0.0144. The lowest BCUT2D eigenvalue weighted by Gasteiger charge is -2.33. The van der Waals surface area contributed by atoms with E-state index in [1.807, 2.05) is 36.4 Å². The van der Waals surface area contributed by atoms with Crippen LogP contribution >= 0.6 is 15.9 Å². The third kappa shape index (κ3) is 5.59. The molecule has 9 nitrogen and oxygen atoms in total. The minimum Gasteiger partial charge on any atom is -0.486 e. The Labute approximate surface area is 210 Å². The maximum atomic E-state index is 9.60. The van der Waals surface area contributed by atoms with Gasteiger partial charge in [0.25, 0.3) is 5.89 Å². The number of aromatic nitrogens is 1. The van der Waals surface area contributed by atoms with Gasteiger partial charge in [-0.05, 0) is 48.5 Å². The van der Waals surface area contributed by atoms with Gasteiger partial charge in [0.1, 0.15) is 29.9 Å². The predicted octanol–water partition coefficient (Wildman–Crippen LogP) is 5.23. The largest absolute Gasteiger partial charge is 0.486 e. The van der Waals surface area contributed by atoms with Crippen LogP contribution in [0.4, 0.5) is 5.88 Å². The Balaban J connectivity index is 1.27. The standard InChI is InChI=1S/C25H23BrN4O5/c26-17-3-5-18(6-4-17)33-16-19-7-8-23(34-19)25-29-20(14-27)24(35-25)28-15-21(22-2-1-11-32-22)30-9-12-31-13-10-30/h1-8,11,21,28H,9-10,12-13,15-16H2. The van der Waals surface area contributed by atoms with E-state index in [1.165, 1.54) is 0 Å². The molecule has 0 bridgehead atoms. The number of nitriles is 1. The van der Waals surface area contributed by atoms with Crippen molar-refractivity contribution in [2.24, 2.45) is 0 Å². The normalized spacial score (nSPS) is 15.0. The molecule has 1 N–H and O–H groups in total. The van der Waals surface area contributed by atoms with Crippen LogP contribution in [0.3, 0.4) is 0 Å². The van der Waals surface area contributed by atoms with Gasteiger partial charge in [-0.15, -0.1) is 0 Å². The fraction of sp³-hybridized carbons (Fsp3) is 0.280. The van der Waals surface area contributed by atoms with E-state index in [1.54, 1.807) is 18.4 Å². The number of halogens is 1. The quantitative estimate of drug-likeness (QED) is 0.306. The minimum absolute atomic E-state index is 0.0417. The zero-order chi connectivity index (χ0) is 24.0. The SMILES string of the molecule is N#Cc1nc(-c2ccc(COc3ccc(Br)cc3)o2)oc1NCC(c1ccco1)N1CCOCC1. The van der Waals surface area contributed by atoms with E-state index in [9.17, 15) is 5.26 Å². The monoisotopic (exact) mass is 538 g/mol. The van der Waals surface area contributed by atoms with Crippen molar-refractivity contribution >= 4 is 21.8 Å². The molecule has 0 radical (unpaired) electrons. The predicted molar refractivity (Wildman–Crippen MR) is 130 cm³/mol. The first kappa shape index (κ1) is 23.2. The van der Waals surface area contributed by atoms with Crippen LogP contribution in [0.15, 0.2) is 72.5 Å². The average Bonchev–Trinajstić information content (AvgIpc) is 3.66. The molecule has 0 aliphatic carbocycles. The molecule has 1 saturated heterocycles. The van der Waals surface area contributed by atoms with Gasteiger partial charge >= 0.3 is 0 Å². The molecule has 3 aromatic heterocycles. The molecule has 1 aliphatic rings. The number of nitrogens with zero attached hydrogens (tertiary/aromatic N) is 3. The fourth-order valence-electron chi connectivity index (χ4n) is 3.85. The number of oxazole rings is 1. The number of furan rings is 2. The maximum Gasteiger partial charge on any atom is 0.266 e. The first-order valence-corrected chi connectivity index (χ1v) is 12.0. The highest BCUT2D eigenvalue weighted by molar-refractivity contribution is 9.10. The van der Waals surface area contributed by atoms with Crippen molar-refractivity contribution in [1.29, 1.82) is 5.26 Å². The third-order valence-electron chi connectivity index (χ3n) is 5.61. The third-order valence-corrected chi connectivity index (χ3v) is 6.14. The molecule has 35 heavy (non-hydrogen) atoms. The zero-order valence-corrected chi connectivity index (χ0v) is 20.4. The van der Waals surface area contributed by atoms with Gasteiger partial charge in [0.2, 0.25) is 11.6 Å². The number of morpholine rings is 1. The van der Waals surface area contributed by atoms with E-state index in [2.05, 4.69) is 37.2 Å². The summed E-state index contributed by atoms with van der Waals surface area (Å²) in [5.41, 5.74) is 0.157. The number of benzene rings is 1. The van der Waals surface area contributed by atoms with Gasteiger partial charge in [0.05, 0.1) is 25.5 Å². The summed E-state index contributed by atoms with van der Waals surface area (Å²) in [6.45, 7) is 3.64. The molecule has 10 heteroatoms. The van der Waals surface area contributed by atoms with E-state index in [0.29, 0.717) is 31.3 Å². The Hall–Kier alpha value is -3.52. The smallest absolute Gasteiger partial charge is 0.266 e. The Kier molecular flexibility index (Phi) is 7.18. The van der Waals surface area contributed by atoms with E-state index in [0.717, 1.165) is 29.1 Å². The first-order valence-electron chi connectivity index (χ1n) is 11.2. The second-order valence-electron chi connectivity index (χ2n) is 7.88. The summed E-state index contributed by atoms with van der Waals surface area (Å²) in [6.07, 6.45) is 1.66. The maximum absolute atomic E-state index is 9.60. The lowest BCUT2D eigenvalue weighted by atomic mass is 10.1. The van der Waals surface area contributed by atoms with Crippen molar-refractivity contribution in [1.82, 2.24) is 9.88 Å². The highest BCUT2D eigenvalue weighted by Crippen LogP contribution is 2.29. The molecule has 4 aromatic rings. The van der Waals surface area contributed by atoms with Gasteiger partial charge in [-0.1, -0.05) is 15.9 Å². The first-order chi connectivity index (χ1) is 17.2. The summed E-state index contributed by atoms with van der Waals surface area (Å²) in [7, 11) is 0. The summed E-state index contributed by atoms with van der Waals surface area (Å²) in [6, 6.07) is 16.9. The minimum atomic E-state index is -0.0417. The summed E-state index contributed by atoms with van der Waals surface area (Å²) in [4.78, 5) is 6.59. The van der Waals surface area contributed by atoms with Crippen molar-refractivity contribution in [3.8, 4) is 23.5 Å². The molecule has 5 rings (SSSR count). The highest BCUT2D eigenvalue weighted by Gasteiger charge is 2.26. The lowest BCUT2D eigenvalue weighted by Crippen LogP contribution is -2.41. The molecule has 0 amide bonds. The van der Waals surface area contributed by atoms with Gasteiger partial charge in [-0.3, -0.25) is 4.90 Å². The molecule has 0 saturated carbocycles. The van der Waals surface area contributed by atoms with Gasteiger partial charge < -0.3 is 28.0 Å². The number of ether oxygens (including phenoxy) is 2. The van der Waals surface area contributed by atoms with Gasteiger partial charge in [-0.25, -0.2) is 0 Å². The number of hydrogen-bond acceptors (Lipinski definition) is 9. The Morgan fingerprint density at radius 1 is 1.11 bits per heavy atom. The molecule has 1 aliphatic heterocycles. The van der Waals surface area contributed by atoms with Crippen molar-refractivity contribution < 1.29 is 22.7 Å². The van der Waals surface area contributed by atoms with Crippen LogP contribution < -0.4 is 10.1 Å². The zero-order valence-electron chi connectivity index (χ0n) is 18.8. The highest BCUT2D eigenvalue weighted by atomic mass is 79.9. The van der Waals surface area contributed by atoms with Gasteiger partial charge in [-0.2, -0.15) is 10.2 Å². The summed E-state index contributed by atoms with van der Waals surface area (Å²) >= 11 is 3.40. The van der Waals surface area contributed by atoms with Crippen molar-refractivity contribution in [3.63, 3.8) is 0 Å². The van der Waals surface area contributed by atoms with Crippen LogP contribution in [0.1, 0.15) is 23.3 Å². The molecule has 1 fully saturated rings. The van der Waals surface area contributed by atoms with Crippen LogP contribution in [0.2, 0.25) is 0 Å². The molecular weight excluding hydrogens is 516 g/mol. The van der Waals surface area contributed by atoms with Crippen LogP contribution in [-0.2, 0) is 11.3 Å². The number of anilines is 1. The second kappa shape index (κ2) is 10.8. The molecule has 180 valence electrons. The van der Waals surface area contributed by atoms with Crippen molar-refractivity contribution in [3.05, 3.63) is 76.5 Å². The van der Waals surface area contributed by atoms with Crippen LogP contribution in [0.25, 0.3) is 11.7 Å². The Morgan fingerprint density at radius 2 is 1.94 bits per heavy atom. The number of hydrogen-bond donors (Lipinski definition) is 1. The van der Waals surface area contributed by atoms with Gasteiger partial charge in [0, 0.05) is 24.1 Å². The Morgan fingerprint density at radius 3 is 2.69 bits per heavy atom. The van der Waals surface area contributed by atoms with Crippen molar-refractivity contribution in [2.75, 3.05) is 38.2 Å². The van der Waals surface area contributed by atoms with Crippen LogP contribution in [0, 0.1) is 11.3 Å².